The lowest BCUT2D eigenvalue weighted by atomic mass is 10.3. The molecule has 1 fully saturated rings. The van der Waals surface area contributed by atoms with Crippen molar-refractivity contribution < 1.29 is 8.42 Å². The van der Waals surface area contributed by atoms with Gasteiger partial charge in [0.2, 0.25) is 16.0 Å². The van der Waals surface area contributed by atoms with Crippen LogP contribution in [-0.2, 0) is 16.6 Å². The molecule has 0 saturated carbocycles. The van der Waals surface area contributed by atoms with Gasteiger partial charge in [-0.1, -0.05) is 6.07 Å². The monoisotopic (exact) mass is 384 g/mol. The van der Waals surface area contributed by atoms with Crippen molar-refractivity contribution in [2.45, 2.75) is 24.3 Å². The second-order valence-corrected chi connectivity index (χ2v) is 7.96. The molecule has 0 aliphatic carbocycles. The molecule has 0 amide bonds. The Morgan fingerprint density at radius 1 is 1.22 bits per heavy atom. The third kappa shape index (κ3) is 4.81. The quantitative estimate of drug-likeness (QED) is 0.353. The summed E-state index contributed by atoms with van der Waals surface area (Å²) < 4.78 is 26.6. The molecule has 2 N–H and O–H groups in total. The Labute approximate surface area is 158 Å². The maximum Gasteiger partial charge on any atom is 0.243 e. The average molecular weight is 384 g/mol. The molecular formula is C18H20N6O2S. The van der Waals surface area contributed by atoms with Gasteiger partial charge in [-0.25, -0.2) is 13.4 Å². The molecule has 1 saturated heterocycles. The minimum Gasteiger partial charge on any atom is -0.326 e. The van der Waals surface area contributed by atoms with Gasteiger partial charge in [0.05, 0.1) is 11.4 Å². The first kappa shape index (κ1) is 18.8. The molecule has 0 atom stereocenters. The van der Waals surface area contributed by atoms with Gasteiger partial charge in [-0.05, 0) is 48.7 Å². The first-order valence-electron chi connectivity index (χ1n) is 8.55. The Morgan fingerprint density at radius 2 is 1.96 bits per heavy atom. The average Bonchev–Trinajstić information content (AvgIpc) is 3.23. The zero-order chi connectivity index (χ0) is 19.1. The molecule has 1 aromatic heterocycles. The third-order valence-corrected chi connectivity index (χ3v) is 6.05. The van der Waals surface area contributed by atoms with Crippen molar-refractivity contribution in [1.29, 1.82) is 5.26 Å². The Hall–Kier alpha value is -2.96. The summed E-state index contributed by atoms with van der Waals surface area (Å²) >= 11 is 0. The smallest absolute Gasteiger partial charge is 0.243 e. The van der Waals surface area contributed by atoms with Crippen LogP contribution >= 0.6 is 0 Å². The summed E-state index contributed by atoms with van der Waals surface area (Å²) in [6, 6.07) is 10.1. The van der Waals surface area contributed by atoms with Gasteiger partial charge in [-0.15, -0.1) is 0 Å². The minimum atomic E-state index is -3.44. The van der Waals surface area contributed by atoms with Gasteiger partial charge in [0.25, 0.3) is 0 Å². The second kappa shape index (κ2) is 8.62. The number of aliphatic imine (C=N–C) groups is 1. The van der Waals surface area contributed by atoms with Crippen molar-refractivity contribution >= 4 is 21.7 Å². The molecule has 8 nitrogen and oxygen atoms in total. The number of guanidine groups is 1. The van der Waals surface area contributed by atoms with Crippen molar-refractivity contribution in [3.8, 4) is 6.19 Å². The summed E-state index contributed by atoms with van der Waals surface area (Å²) in [6.45, 7) is 1.49. The molecule has 2 heterocycles. The highest BCUT2D eigenvalue weighted by molar-refractivity contribution is 7.89. The molecule has 1 aromatic carbocycles. The number of aromatic nitrogens is 1. The standard InChI is InChI=1S/C18H20N6O2S/c19-14-22-18(21-13-15-4-3-9-20-12-15)23-16-5-7-17(8-6-16)27(25,26)24-10-1-2-11-24/h3-9,12H,1-2,10-11,13H2,(H2,21,22,23). The molecular weight excluding hydrogens is 364 g/mol. The highest BCUT2D eigenvalue weighted by Crippen LogP contribution is 2.22. The molecule has 0 unspecified atom stereocenters. The van der Waals surface area contributed by atoms with Crippen LogP contribution in [0.15, 0.2) is 58.7 Å². The molecule has 3 rings (SSSR count). The number of sulfonamides is 1. The summed E-state index contributed by atoms with van der Waals surface area (Å²) in [7, 11) is -3.44. The molecule has 2 aromatic rings. The number of hydrogen-bond acceptors (Lipinski definition) is 5. The van der Waals surface area contributed by atoms with E-state index in [1.807, 2.05) is 18.3 Å². The van der Waals surface area contributed by atoms with Crippen LogP contribution in [0.1, 0.15) is 18.4 Å². The molecule has 1 aliphatic heterocycles. The summed E-state index contributed by atoms with van der Waals surface area (Å²) in [6.07, 6.45) is 7.01. The van der Waals surface area contributed by atoms with E-state index in [9.17, 15) is 8.42 Å². The van der Waals surface area contributed by atoms with Crippen LogP contribution in [0.2, 0.25) is 0 Å². The zero-order valence-corrected chi connectivity index (χ0v) is 15.5. The van der Waals surface area contributed by atoms with Crippen LogP contribution in [-0.4, -0.2) is 36.8 Å². The molecule has 0 bridgehead atoms. The first-order chi connectivity index (χ1) is 13.1. The predicted molar refractivity (Wildman–Crippen MR) is 102 cm³/mol. The Bertz CT molecular complexity index is 930. The summed E-state index contributed by atoms with van der Waals surface area (Å²) in [5, 5.41) is 14.4. The number of nitrogens with zero attached hydrogens (tertiary/aromatic N) is 4. The lowest BCUT2D eigenvalue weighted by Gasteiger charge is -2.16. The van der Waals surface area contributed by atoms with E-state index < -0.39 is 10.0 Å². The van der Waals surface area contributed by atoms with Crippen LogP contribution in [0.5, 0.6) is 0 Å². The number of benzene rings is 1. The van der Waals surface area contributed by atoms with E-state index in [0.29, 0.717) is 25.3 Å². The van der Waals surface area contributed by atoms with E-state index in [-0.39, 0.29) is 10.9 Å². The Morgan fingerprint density at radius 3 is 2.59 bits per heavy atom. The third-order valence-electron chi connectivity index (χ3n) is 4.14. The highest BCUT2D eigenvalue weighted by atomic mass is 32.2. The van der Waals surface area contributed by atoms with Gasteiger partial charge in [-0.3, -0.25) is 10.3 Å². The number of rotatable bonds is 5. The van der Waals surface area contributed by atoms with Gasteiger partial charge in [-0.2, -0.15) is 9.57 Å². The number of hydrogen-bond donors (Lipinski definition) is 2. The van der Waals surface area contributed by atoms with E-state index in [1.165, 1.54) is 4.31 Å². The van der Waals surface area contributed by atoms with Gasteiger partial charge < -0.3 is 5.32 Å². The fourth-order valence-corrected chi connectivity index (χ4v) is 4.27. The molecule has 27 heavy (non-hydrogen) atoms. The summed E-state index contributed by atoms with van der Waals surface area (Å²) in [5.41, 5.74) is 1.53. The van der Waals surface area contributed by atoms with Crippen molar-refractivity contribution in [1.82, 2.24) is 14.6 Å². The summed E-state index contributed by atoms with van der Waals surface area (Å²) in [4.78, 5) is 8.60. The number of nitrogens with one attached hydrogen (secondary N) is 2. The van der Waals surface area contributed by atoms with Crippen molar-refractivity contribution in [3.63, 3.8) is 0 Å². The topological polar surface area (TPSA) is 110 Å². The zero-order valence-electron chi connectivity index (χ0n) is 14.7. The van der Waals surface area contributed by atoms with Gasteiger partial charge in [0.15, 0.2) is 6.19 Å². The maximum atomic E-state index is 12.6. The highest BCUT2D eigenvalue weighted by Gasteiger charge is 2.26. The van der Waals surface area contributed by atoms with Crippen LogP contribution in [0, 0.1) is 11.5 Å². The van der Waals surface area contributed by atoms with Gasteiger partial charge in [0.1, 0.15) is 0 Å². The van der Waals surface area contributed by atoms with Crippen molar-refractivity contribution in [2.75, 3.05) is 18.4 Å². The number of nitriles is 1. The van der Waals surface area contributed by atoms with Gasteiger partial charge in [0, 0.05) is 31.2 Å². The van der Waals surface area contributed by atoms with Crippen LogP contribution in [0.4, 0.5) is 5.69 Å². The predicted octanol–water partition coefficient (Wildman–Crippen LogP) is 1.90. The van der Waals surface area contributed by atoms with E-state index in [2.05, 4.69) is 20.6 Å². The van der Waals surface area contributed by atoms with Crippen molar-refractivity contribution in [2.24, 2.45) is 4.99 Å². The molecule has 0 spiro atoms. The van der Waals surface area contributed by atoms with Crippen LogP contribution < -0.4 is 10.6 Å². The van der Waals surface area contributed by atoms with Crippen molar-refractivity contribution in [3.05, 3.63) is 54.4 Å². The summed E-state index contributed by atoms with van der Waals surface area (Å²) in [5.74, 6) is 0.275. The molecule has 9 heteroatoms. The first-order valence-corrected chi connectivity index (χ1v) is 9.99. The van der Waals surface area contributed by atoms with Crippen LogP contribution in [0.3, 0.4) is 0 Å². The maximum absolute atomic E-state index is 12.6. The van der Waals surface area contributed by atoms with E-state index in [1.54, 1.807) is 36.7 Å². The molecule has 0 radical (unpaired) electrons. The minimum absolute atomic E-state index is 0.261. The Kier molecular flexibility index (Phi) is 6.01. The SMILES string of the molecule is N#CNC(=NCc1cccnc1)Nc1ccc(S(=O)(=O)N2CCCC2)cc1. The second-order valence-electron chi connectivity index (χ2n) is 6.02. The largest absolute Gasteiger partial charge is 0.326 e. The Balaban J connectivity index is 1.70. The molecule has 1 aliphatic rings. The van der Waals surface area contributed by atoms with E-state index >= 15 is 0 Å². The normalized spacial score (nSPS) is 15.3. The molecule has 140 valence electrons. The lowest BCUT2D eigenvalue weighted by Crippen LogP contribution is -2.28. The van der Waals surface area contributed by atoms with Crippen LogP contribution in [0.25, 0.3) is 0 Å². The fraction of sp³-hybridized carbons (Fsp3) is 0.278. The number of pyridine rings is 1. The fourth-order valence-electron chi connectivity index (χ4n) is 2.75. The van der Waals surface area contributed by atoms with E-state index in [0.717, 1.165) is 18.4 Å². The van der Waals surface area contributed by atoms with Gasteiger partial charge >= 0.3 is 0 Å². The van der Waals surface area contributed by atoms with E-state index in [4.69, 9.17) is 5.26 Å². The number of anilines is 1. The lowest BCUT2D eigenvalue weighted by molar-refractivity contribution is 0.477.